The molecule has 4 heterocycles. The van der Waals surface area contributed by atoms with E-state index in [-0.39, 0.29) is 5.91 Å². The van der Waals surface area contributed by atoms with E-state index in [2.05, 4.69) is 21.9 Å². The van der Waals surface area contributed by atoms with Crippen LogP contribution in [0.15, 0.2) is 48.8 Å². The number of ether oxygens (including phenoxy) is 2. The second-order valence-electron chi connectivity index (χ2n) is 8.65. The summed E-state index contributed by atoms with van der Waals surface area (Å²) in [5.74, 6) is 7.24. The second-order valence-corrected chi connectivity index (χ2v) is 8.65. The molecule has 0 aliphatic carbocycles. The Balaban J connectivity index is 0.000000180. The molecule has 0 atom stereocenters. The molecule has 2 aromatic heterocycles. The van der Waals surface area contributed by atoms with Gasteiger partial charge < -0.3 is 20.1 Å². The Morgan fingerprint density at radius 3 is 2.76 bits per heavy atom. The van der Waals surface area contributed by atoms with Crippen LogP contribution in [0.1, 0.15) is 36.1 Å². The number of carbonyl (C=O) groups is 2. The maximum absolute atomic E-state index is 12.8. The number of aromatic nitrogens is 3. The van der Waals surface area contributed by atoms with Gasteiger partial charge in [-0.15, -0.1) is 0 Å². The highest BCUT2D eigenvalue weighted by molar-refractivity contribution is 5.95. The smallest absolute Gasteiger partial charge is 0.339 e. The Hall–Kier alpha value is -4.23. The lowest BCUT2D eigenvalue weighted by molar-refractivity contribution is -0.118. The molecule has 10 heteroatoms. The van der Waals surface area contributed by atoms with Gasteiger partial charge in [-0.3, -0.25) is 4.79 Å². The van der Waals surface area contributed by atoms with Crippen molar-refractivity contribution in [1.29, 1.82) is 0 Å². The molecule has 9 nitrogen and oxygen atoms in total. The molecule has 0 bridgehead atoms. The maximum Gasteiger partial charge on any atom is 0.339 e. The van der Waals surface area contributed by atoms with Gasteiger partial charge in [-0.2, -0.15) is 14.2 Å². The molecule has 0 saturated carbocycles. The molecular formula is C27H28FN5O4. The van der Waals surface area contributed by atoms with E-state index in [0.717, 1.165) is 53.3 Å². The number of nitrogens with zero attached hydrogens (tertiary/aromatic N) is 4. The zero-order chi connectivity index (χ0) is 26.2. The number of hydrogen-bond donors (Lipinski definition) is 1. The lowest BCUT2D eigenvalue weighted by atomic mass is 10.0. The molecule has 0 radical (unpaired) electrons. The van der Waals surface area contributed by atoms with E-state index in [0.29, 0.717) is 31.1 Å². The van der Waals surface area contributed by atoms with Crippen molar-refractivity contribution >= 4 is 17.6 Å². The van der Waals surface area contributed by atoms with Crippen LogP contribution in [0.3, 0.4) is 0 Å². The fourth-order valence-corrected chi connectivity index (χ4v) is 3.89. The predicted octanol–water partition coefficient (Wildman–Crippen LogP) is 3.14. The molecule has 37 heavy (non-hydrogen) atoms. The van der Waals surface area contributed by atoms with Gasteiger partial charge in [0.15, 0.2) is 0 Å². The number of amides is 2. The van der Waals surface area contributed by atoms with Gasteiger partial charge in [0.2, 0.25) is 11.9 Å². The third-order valence-corrected chi connectivity index (χ3v) is 5.93. The Morgan fingerprint density at radius 1 is 1.22 bits per heavy atom. The van der Waals surface area contributed by atoms with Crippen LogP contribution in [0.25, 0.3) is 0 Å². The van der Waals surface area contributed by atoms with Gasteiger partial charge in [-0.1, -0.05) is 17.9 Å². The van der Waals surface area contributed by atoms with Gasteiger partial charge in [0, 0.05) is 50.1 Å². The maximum atomic E-state index is 12.8. The highest BCUT2D eigenvalue weighted by Crippen LogP contribution is 2.31. The summed E-state index contributed by atoms with van der Waals surface area (Å²) in [6, 6.07) is 9.69. The molecule has 0 unspecified atom stereocenters. The minimum Gasteiger partial charge on any atom is -0.491 e. The number of fused-ring (bicyclic) bond motifs is 1. The van der Waals surface area contributed by atoms with Crippen LogP contribution in [0.2, 0.25) is 0 Å². The third-order valence-electron chi connectivity index (χ3n) is 5.93. The predicted molar refractivity (Wildman–Crippen MR) is 135 cm³/mol. The third kappa shape index (κ3) is 7.15. The molecule has 2 amide bonds. The van der Waals surface area contributed by atoms with E-state index in [1.807, 2.05) is 18.2 Å². The molecule has 192 valence electrons. The van der Waals surface area contributed by atoms with Crippen molar-refractivity contribution in [3.8, 4) is 17.6 Å². The lowest BCUT2D eigenvalue weighted by Crippen LogP contribution is -2.25. The molecule has 2 N–H and O–H groups in total. The summed E-state index contributed by atoms with van der Waals surface area (Å²) < 4.78 is 24.8. The van der Waals surface area contributed by atoms with E-state index in [1.54, 1.807) is 24.1 Å². The first-order valence-corrected chi connectivity index (χ1v) is 12.0. The van der Waals surface area contributed by atoms with Crippen molar-refractivity contribution < 1.29 is 23.5 Å². The van der Waals surface area contributed by atoms with E-state index in [1.165, 1.54) is 18.5 Å². The summed E-state index contributed by atoms with van der Waals surface area (Å²) in [5, 5.41) is 3.75. The Bertz CT molecular complexity index is 1320. The normalized spacial score (nSPS) is 15.3. The van der Waals surface area contributed by atoms with E-state index >= 15 is 0 Å². The van der Waals surface area contributed by atoms with Crippen molar-refractivity contribution in [3.63, 3.8) is 0 Å². The number of benzene rings is 1. The van der Waals surface area contributed by atoms with Gasteiger partial charge in [-0.05, 0) is 48.7 Å². The fraction of sp³-hybridized carbons (Fsp3) is 0.333. The summed E-state index contributed by atoms with van der Waals surface area (Å²) in [7, 11) is 1.78. The van der Waals surface area contributed by atoms with E-state index in [9.17, 15) is 14.0 Å². The van der Waals surface area contributed by atoms with Crippen LogP contribution in [0.4, 0.5) is 14.9 Å². The number of pyridine rings is 1. The summed E-state index contributed by atoms with van der Waals surface area (Å²) >= 11 is 0. The number of rotatable bonds is 2. The van der Waals surface area contributed by atoms with Crippen LogP contribution < -0.4 is 15.4 Å². The number of primary amides is 1. The summed E-state index contributed by atoms with van der Waals surface area (Å²) in [6.45, 7) is 2.03. The van der Waals surface area contributed by atoms with Crippen molar-refractivity contribution in [2.45, 2.75) is 25.7 Å². The zero-order valence-electron chi connectivity index (χ0n) is 20.5. The molecule has 3 aromatic rings. The molecule has 1 saturated heterocycles. The average Bonchev–Trinajstić information content (AvgIpc) is 3.32. The quantitative estimate of drug-likeness (QED) is 0.423. The van der Waals surface area contributed by atoms with Gasteiger partial charge in [0.25, 0.3) is 0 Å². The molecule has 5 rings (SSSR count). The van der Waals surface area contributed by atoms with Gasteiger partial charge >= 0.3 is 6.03 Å². The summed E-state index contributed by atoms with van der Waals surface area (Å²) in [6.07, 6.45) is 5.81. The molecular weight excluding hydrogens is 477 g/mol. The number of anilines is 1. The second kappa shape index (κ2) is 12.1. The first kappa shape index (κ1) is 25.9. The number of nitrogens with two attached hydrogens (primary N) is 1. The first-order valence-electron chi connectivity index (χ1n) is 12.0. The van der Waals surface area contributed by atoms with Gasteiger partial charge in [-0.25, -0.2) is 9.78 Å². The van der Waals surface area contributed by atoms with Crippen molar-refractivity contribution in [2.75, 3.05) is 31.8 Å². The van der Waals surface area contributed by atoms with Crippen molar-refractivity contribution in [3.05, 3.63) is 71.6 Å². The SMILES string of the molecule is CN1C(=O)CCOc2ccc(C#CC3CCOCC3)cc21.NC(=O)n1cc(Cc2cccc(F)n2)cn1. The molecule has 1 fully saturated rings. The lowest BCUT2D eigenvalue weighted by Gasteiger charge is -2.17. The van der Waals surface area contributed by atoms with Crippen LogP contribution in [-0.4, -0.2) is 53.6 Å². The van der Waals surface area contributed by atoms with Gasteiger partial charge in [0.05, 0.1) is 24.9 Å². The van der Waals surface area contributed by atoms with Crippen molar-refractivity contribution in [1.82, 2.24) is 14.8 Å². The van der Waals surface area contributed by atoms with E-state index < -0.39 is 12.0 Å². The molecule has 2 aliphatic rings. The standard InChI is InChI=1S/C17H19NO3.C10H9FN4O/c1-18-15-12-14(3-2-13-6-9-20-10-7-13)4-5-16(15)21-11-8-17(18)19;11-9-3-1-2-8(14-9)4-7-5-13-15(6-7)10(12)16/h4-5,12-13H,6-11H2,1H3;1-3,5-6H,4H2,(H2,12,16). The van der Waals surface area contributed by atoms with Crippen LogP contribution in [0.5, 0.6) is 5.75 Å². The first-order chi connectivity index (χ1) is 17.9. The topological polar surface area (TPSA) is 113 Å². The average molecular weight is 506 g/mol. The Labute approximate surface area is 214 Å². The highest BCUT2D eigenvalue weighted by atomic mass is 19.1. The number of carbonyl (C=O) groups excluding carboxylic acids is 2. The minimum atomic E-state index is -0.654. The van der Waals surface area contributed by atoms with Crippen LogP contribution in [-0.2, 0) is 16.0 Å². The zero-order valence-corrected chi connectivity index (χ0v) is 20.5. The van der Waals surface area contributed by atoms with Crippen LogP contribution >= 0.6 is 0 Å². The highest BCUT2D eigenvalue weighted by Gasteiger charge is 2.20. The van der Waals surface area contributed by atoms with E-state index in [4.69, 9.17) is 15.2 Å². The molecule has 2 aliphatic heterocycles. The number of halogens is 1. The largest absolute Gasteiger partial charge is 0.491 e. The summed E-state index contributed by atoms with van der Waals surface area (Å²) in [5.41, 5.74) is 8.07. The number of hydrogen-bond acceptors (Lipinski definition) is 6. The monoisotopic (exact) mass is 505 g/mol. The van der Waals surface area contributed by atoms with Crippen LogP contribution in [0, 0.1) is 23.7 Å². The Morgan fingerprint density at radius 2 is 2.03 bits per heavy atom. The Kier molecular flexibility index (Phi) is 8.48. The minimum absolute atomic E-state index is 0.0725. The van der Waals surface area contributed by atoms with Crippen molar-refractivity contribution in [2.24, 2.45) is 11.7 Å². The molecule has 1 aromatic carbocycles. The molecule has 0 spiro atoms. The van der Waals surface area contributed by atoms with Gasteiger partial charge in [0.1, 0.15) is 5.75 Å². The summed E-state index contributed by atoms with van der Waals surface area (Å²) in [4.78, 5) is 28.0. The fourth-order valence-electron chi connectivity index (χ4n) is 3.89.